The molecule has 0 amide bonds. The molecule has 0 unspecified atom stereocenters. The quantitative estimate of drug-likeness (QED) is 0.858. The first kappa shape index (κ1) is 16.0. The van der Waals surface area contributed by atoms with Crippen LogP contribution in [-0.4, -0.2) is 54.7 Å². The number of hydrogen-bond donors (Lipinski definition) is 1. The summed E-state index contributed by atoms with van der Waals surface area (Å²) in [6.45, 7) is 4.83. The molecule has 1 aromatic carbocycles. The molecule has 0 radical (unpaired) electrons. The molecule has 0 aliphatic carbocycles. The van der Waals surface area contributed by atoms with Crippen molar-refractivity contribution in [1.29, 1.82) is 0 Å². The third-order valence-electron chi connectivity index (χ3n) is 3.73. The van der Waals surface area contributed by atoms with Gasteiger partial charge in [0.15, 0.2) is 0 Å². The van der Waals surface area contributed by atoms with Crippen LogP contribution in [0.5, 0.6) is 0 Å². The largest absolute Gasteiger partial charge is 0.395 e. The van der Waals surface area contributed by atoms with Crippen molar-refractivity contribution in [1.82, 2.24) is 9.80 Å². The Kier molecular flexibility index (Phi) is 6.19. The Labute approximate surface area is 126 Å². The van der Waals surface area contributed by atoms with Gasteiger partial charge in [0.1, 0.15) is 5.82 Å². The number of aliphatic hydroxyl groups excluding tert-OH is 1. The molecular formula is C17H23FN2O. The van der Waals surface area contributed by atoms with Gasteiger partial charge >= 0.3 is 0 Å². The monoisotopic (exact) mass is 290 g/mol. The maximum Gasteiger partial charge on any atom is 0.128 e. The molecule has 0 atom stereocenters. The molecule has 2 rings (SSSR count). The minimum absolute atomic E-state index is 0.0387. The van der Waals surface area contributed by atoms with E-state index in [9.17, 15) is 4.39 Å². The molecule has 0 spiro atoms. The van der Waals surface area contributed by atoms with Gasteiger partial charge in [0, 0.05) is 37.2 Å². The molecule has 114 valence electrons. The SMILES string of the molecule is CN1CCCN(Cc2ccc(C#CCCO)cc2F)CC1. The van der Waals surface area contributed by atoms with Gasteiger partial charge in [-0.25, -0.2) is 4.39 Å². The maximum absolute atomic E-state index is 14.1. The van der Waals surface area contributed by atoms with E-state index in [1.807, 2.05) is 12.1 Å². The third-order valence-corrected chi connectivity index (χ3v) is 3.73. The second-order valence-corrected chi connectivity index (χ2v) is 5.51. The molecule has 3 nitrogen and oxygen atoms in total. The number of benzene rings is 1. The van der Waals surface area contributed by atoms with E-state index in [0.717, 1.165) is 38.2 Å². The molecule has 0 saturated carbocycles. The number of nitrogens with zero attached hydrogens (tertiary/aromatic N) is 2. The van der Waals surface area contributed by atoms with Crippen molar-refractivity contribution in [3.05, 3.63) is 35.1 Å². The van der Waals surface area contributed by atoms with Gasteiger partial charge in [-0.05, 0) is 38.7 Å². The van der Waals surface area contributed by atoms with Gasteiger partial charge in [-0.1, -0.05) is 17.9 Å². The van der Waals surface area contributed by atoms with E-state index in [4.69, 9.17) is 5.11 Å². The highest BCUT2D eigenvalue weighted by Gasteiger charge is 2.14. The average molecular weight is 290 g/mol. The highest BCUT2D eigenvalue weighted by molar-refractivity contribution is 5.37. The van der Waals surface area contributed by atoms with Crippen LogP contribution >= 0.6 is 0 Å². The van der Waals surface area contributed by atoms with Crippen LogP contribution in [-0.2, 0) is 6.54 Å². The van der Waals surface area contributed by atoms with Crippen molar-refractivity contribution in [3.8, 4) is 11.8 Å². The minimum atomic E-state index is -0.191. The summed E-state index contributed by atoms with van der Waals surface area (Å²) in [5.74, 6) is 5.48. The summed E-state index contributed by atoms with van der Waals surface area (Å²) >= 11 is 0. The first-order valence-corrected chi connectivity index (χ1v) is 7.48. The highest BCUT2D eigenvalue weighted by Crippen LogP contribution is 2.14. The van der Waals surface area contributed by atoms with E-state index in [1.54, 1.807) is 0 Å². The second kappa shape index (κ2) is 8.14. The zero-order valence-corrected chi connectivity index (χ0v) is 12.6. The summed E-state index contributed by atoms with van der Waals surface area (Å²) in [4.78, 5) is 4.62. The van der Waals surface area contributed by atoms with Crippen LogP contribution < -0.4 is 0 Å². The zero-order valence-electron chi connectivity index (χ0n) is 12.6. The van der Waals surface area contributed by atoms with Crippen molar-refractivity contribution >= 4 is 0 Å². The highest BCUT2D eigenvalue weighted by atomic mass is 19.1. The molecule has 1 N–H and O–H groups in total. The van der Waals surface area contributed by atoms with Gasteiger partial charge in [0.2, 0.25) is 0 Å². The first-order chi connectivity index (χ1) is 10.2. The molecule has 21 heavy (non-hydrogen) atoms. The van der Waals surface area contributed by atoms with E-state index < -0.39 is 0 Å². The Balaban J connectivity index is 1.99. The van der Waals surface area contributed by atoms with Crippen molar-refractivity contribution in [2.75, 3.05) is 39.8 Å². The normalized spacial score (nSPS) is 17.1. The second-order valence-electron chi connectivity index (χ2n) is 5.51. The number of aliphatic hydroxyl groups is 1. The Morgan fingerprint density at radius 2 is 2.10 bits per heavy atom. The fraction of sp³-hybridized carbons (Fsp3) is 0.529. The fourth-order valence-corrected chi connectivity index (χ4v) is 2.47. The van der Waals surface area contributed by atoms with E-state index in [-0.39, 0.29) is 12.4 Å². The number of likely N-dealkylation sites (N-methyl/N-ethyl adjacent to an activating group) is 1. The van der Waals surface area contributed by atoms with Crippen LogP contribution in [0.15, 0.2) is 18.2 Å². The smallest absolute Gasteiger partial charge is 0.128 e. The predicted molar refractivity (Wildman–Crippen MR) is 82.4 cm³/mol. The van der Waals surface area contributed by atoms with Gasteiger partial charge in [-0.2, -0.15) is 0 Å². The van der Waals surface area contributed by atoms with Crippen molar-refractivity contribution in [2.24, 2.45) is 0 Å². The number of halogens is 1. The molecule has 1 aliphatic rings. The van der Waals surface area contributed by atoms with Crippen molar-refractivity contribution < 1.29 is 9.50 Å². The zero-order chi connectivity index (χ0) is 15.1. The van der Waals surface area contributed by atoms with Crippen LogP contribution in [0.1, 0.15) is 24.0 Å². The van der Waals surface area contributed by atoms with E-state index in [1.165, 1.54) is 6.07 Å². The van der Waals surface area contributed by atoms with Crippen LogP contribution in [0, 0.1) is 17.7 Å². The Bertz CT molecular complexity index is 521. The summed E-state index contributed by atoms with van der Waals surface area (Å²) in [5.41, 5.74) is 1.40. The molecule has 1 aromatic rings. The molecule has 1 saturated heterocycles. The maximum atomic E-state index is 14.1. The molecule has 1 heterocycles. The average Bonchev–Trinajstić information content (AvgIpc) is 2.67. The van der Waals surface area contributed by atoms with Crippen LogP contribution in [0.4, 0.5) is 4.39 Å². The lowest BCUT2D eigenvalue weighted by atomic mass is 10.1. The van der Waals surface area contributed by atoms with Crippen molar-refractivity contribution in [2.45, 2.75) is 19.4 Å². The molecule has 4 heteroatoms. The topological polar surface area (TPSA) is 26.7 Å². The first-order valence-electron chi connectivity index (χ1n) is 7.48. The van der Waals surface area contributed by atoms with Gasteiger partial charge in [0.25, 0.3) is 0 Å². The summed E-state index contributed by atoms with van der Waals surface area (Å²) in [6, 6.07) is 5.17. The van der Waals surface area contributed by atoms with Crippen molar-refractivity contribution in [3.63, 3.8) is 0 Å². The Hall–Kier alpha value is -1.41. The van der Waals surface area contributed by atoms with Crippen LogP contribution in [0.3, 0.4) is 0 Å². The number of rotatable bonds is 3. The number of hydrogen-bond acceptors (Lipinski definition) is 3. The summed E-state index contributed by atoms with van der Waals surface area (Å²) in [6.07, 6.45) is 1.55. The predicted octanol–water partition coefficient (Wildman–Crippen LogP) is 1.70. The molecule has 1 fully saturated rings. The molecule has 0 aromatic heterocycles. The lowest BCUT2D eigenvalue weighted by molar-refractivity contribution is 0.266. The van der Waals surface area contributed by atoms with Gasteiger partial charge in [0.05, 0.1) is 6.61 Å². The molecule has 0 bridgehead atoms. The minimum Gasteiger partial charge on any atom is -0.395 e. The summed E-state index contributed by atoms with van der Waals surface area (Å²) < 4.78 is 14.1. The van der Waals surface area contributed by atoms with E-state index in [2.05, 4.69) is 28.7 Å². The lowest BCUT2D eigenvalue weighted by Crippen LogP contribution is -2.28. The third kappa shape index (κ3) is 5.13. The van der Waals surface area contributed by atoms with E-state index in [0.29, 0.717) is 18.5 Å². The standard InChI is InChI=1S/C17H23FN2O/c1-19-8-4-9-20(11-10-19)14-16-7-6-15(13-17(16)18)5-2-3-12-21/h6-7,13,21H,3-4,8-12,14H2,1H3. The Morgan fingerprint density at radius 3 is 2.86 bits per heavy atom. The van der Waals surface area contributed by atoms with Gasteiger partial charge in [-0.15, -0.1) is 0 Å². The van der Waals surface area contributed by atoms with Gasteiger partial charge in [-0.3, -0.25) is 4.90 Å². The van der Waals surface area contributed by atoms with Crippen LogP contribution in [0.25, 0.3) is 0 Å². The fourth-order valence-electron chi connectivity index (χ4n) is 2.47. The van der Waals surface area contributed by atoms with Gasteiger partial charge < -0.3 is 10.0 Å². The van der Waals surface area contributed by atoms with Crippen LogP contribution in [0.2, 0.25) is 0 Å². The molecular weight excluding hydrogens is 267 g/mol. The summed E-state index contributed by atoms with van der Waals surface area (Å²) in [5, 5.41) is 8.68. The Morgan fingerprint density at radius 1 is 1.24 bits per heavy atom. The van der Waals surface area contributed by atoms with E-state index >= 15 is 0 Å². The lowest BCUT2D eigenvalue weighted by Gasteiger charge is -2.20. The molecule has 1 aliphatic heterocycles. The summed E-state index contributed by atoms with van der Waals surface area (Å²) in [7, 11) is 2.13.